The molecule has 2 aromatic carbocycles. The van der Waals surface area contributed by atoms with E-state index in [1.54, 1.807) is 0 Å². The van der Waals surface area contributed by atoms with E-state index in [0.29, 0.717) is 13.2 Å². The van der Waals surface area contributed by atoms with E-state index < -0.39 is 0 Å². The second kappa shape index (κ2) is 6.10. The van der Waals surface area contributed by atoms with Crippen LogP contribution in [0.25, 0.3) is 0 Å². The Labute approximate surface area is 125 Å². The summed E-state index contributed by atoms with van der Waals surface area (Å²) in [5.41, 5.74) is 3.09. The van der Waals surface area contributed by atoms with Crippen molar-refractivity contribution in [3.63, 3.8) is 0 Å². The third kappa shape index (κ3) is 3.31. The number of ketones is 1. The zero-order chi connectivity index (χ0) is 14.7. The Hall–Kier alpha value is -2.13. The lowest BCUT2D eigenvalue weighted by atomic mass is 10.1. The first-order valence-electron chi connectivity index (χ1n) is 7.25. The fourth-order valence-corrected chi connectivity index (χ4v) is 2.55. The fourth-order valence-electron chi connectivity index (χ4n) is 2.55. The fraction of sp³-hybridized carbons (Fsp3) is 0.278. The predicted octanol–water partition coefficient (Wildman–Crippen LogP) is 3.07. The van der Waals surface area contributed by atoms with E-state index in [9.17, 15) is 4.79 Å². The van der Waals surface area contributed by atoms with Gasteiger partial charge in [-0.25, -0.2) is 0 Å². The Morgan fingerprint density at radius 2 is 1.90 bits per heavy atom. The molecule has 0 radical (unpaired) electrons. The summed E-state index contributed by atoms with van der Waals surface area (Å²) in [6.07, 6.45) is 0. The van der Waals surface area contributed by atoms with E-state index in [0.717, 1.165) is 30.0 Å². The van der Waals surface area contributed by atoms with E-state index in [-0.39, 0.29) is 5.78 Å². The van der Waals surface area contributed by atoms with Crippen molar-refractivity contribution < 1.29 is 9.53 Å². The highest BCUT2D eigenvalue weighted by molar-refractivity contribution is 5.97. The largest absolute Gasteiger partial charge is 0.492 e. The maximum Gasteiger partial charge on any atom is 0.176 e. The molecule has 21 heavy (non-hydrogen) atoms. The normalized spacial score (nSPS) is 14.9. The van der Waals surface area contributed by atoms with Gasteiger partial charge in [0.2, 0.25) is 0 Å². The molecule has 0 spiro atoms. The zero-order valence-corrected chi connectivity index (χ0v) is 12.2. The van der Waals surface area contributed by atoms with E-state index in [1.165, 1.54) is 5.56 Å². The highest BCUT2D eigenvalue weighted by Crippen LogP contribution is 2.22. The monoisotopic (exact) mass is 281 g/mol. The van der Waals surface area contributed by atoms with E-state index in [2.05, 4.69) is 11.0 Å². The summed E-state index contributed by atoms with van der Waals surface area (Å²) in [7, 11) is 0. The van der Waals surface area contributed by atoms with Gasteiger partial charge < -0.3 is 4.74 Å². The van der Waals surface area contributed by atoms with Crippen molar-refractivity contribution in [2.24, 2.45) is 0 Å². The summed E-state index contributed by atoms with van der Waals surface area (Å²) in [5, 5.41) is 0. The number of nitrogens with zero attached hydrogens (tertiary/aromatic N) is 1. The number of para-hydroxylation sites is 1. The van der Waals surface area contributed by atoms with Crippen LogP contribution in [-0.2, 0) is 6.54 Å². The molecule has 1 heterocycles. The van der Waals surface area contributed by atoms with Crippen LogP contribution in [0.5, 0.6) is 5.75 Å². The van der Waals surface area contributed by atoms with Crippen molar-refractivity contribution in [2.45, 2.75) is 13.5 Å². The number of benzene rings is 2. The maximum atomic E-state index is 12.4. The molecule has 3 nitrogen and oxygen atoms in total. The SMILES string of the molecule is Cc1ccc(C(=O)CN2CCOc3ccccc3C2)cc1. The third-order valence-corrected chi connectivity index (χ3v) is 3.77. The van der Waals surface area contributed by atoms with Gasteiger partial charge in [-0.3, -0.25) is 9.69 Å². The minimum absolute atomic E-state index is 0.161. The first-order chi connectivity index (χ1) is 10.2. The van der Waals surface area contributed by atoms with Crippen molar-refractivity contribution in [1.82, 2.24) is 4.90 Å². The Morgan fingerprint density at radius 3 is 2.71 bits per heavy atom. The van der Waals surface area contributed by atoms with Gasteiger partial charge in [0.1, 0.15) is 12.4 Å². The van der Waals surface area contributed by atoms with Crippen LogP contribution in [-0.4, -0.2) is 30.4 Å². The van der Waals surface area contributed by atoms with Crippen LogP contribution in [0, 0.1) is 6.92 Å². The second-order valence-corrected chi connectivity index (χ2v) is 5.46. The molecule has 0 bridgehead atoms. The highest BCUT2D eigenvalue weighted by atomic mass is 16.5. The molecular weight excluding hydrogens is 262 g/mol. The number of carbonyl (C=O) groups excluding carboxylic acids is 1. The number of aryl methyl sites for hydroxylation is 1. The molecule has 0 saturated carbocycles. The van der Waals surface area contributed by atoms with Gasteiger partial charge in [-0.15, -0.1) is 0 Å². The van der Waals surface area contributed by atoms with Crippen LogP contribution in [0.15, 0.2) is 48.5 Å². The van der Waals surface area contributed by atoms with E-state index in [4.69, 9.17) is 4.74 Å². The van der Waals surface area contributed by atoms with Crippen LogP contribution >= 0.6 is 0 Å². The Kier molecular flexibility index (Phi) is 4.02. The smallest absolute Gasteiger partial charge is 0.176 e. The molecule has 2 aromatic rings. The van der Waals surface area contributed by atoms with E-state index in [1.807, 2.05) is 49.4 Å². The molecule has 108 valence electrons. The minimum Gasteiger partial charge on any atom is -0.492 e. The van der Waals surface area contributed by atoms with Gasteiger partial charge >= 0.3 is 0 Å². The number of rotatable bonds is 3. The number of fused-ring (bicyclic) bond motifs is 1. The lowest BCUT2D eigenvalue weighted by Gasteiger charge is -2.18. The molecule has 1 aliphatic rings. The number of ether oxygens (including phenoxy) is 1. The van der Waals surface area contributed by atoms with Crippen molar-refractivity contribution in [2.75, 3.05) is 19.7 Å². The number of hydrogen-bond donors (Lipinski definition) is 0. The number of Topliss-reactive ketones (excluding diaryl/α,β-unsaturated/α-hetero) is 1. The Morgan fingerprint density at radius 1 is 1.14 bits per heavy atom. The van der Waals surface area contributed by atoms with Gasteiger partial charge in [-0.2, -0.15) is 0 Å². The summed E-state index contributed by atoms with van der Waals surface area (Å²) in [6, 6.07) is 15.8. The predicted molar refractivity (Wildman–Crippen MR) is 82.7 cm³/mol. The van der Waals surface area contributed by atoms with Gasteiger partial charge in [0.25, 0.3) is 0 Å². The molecule has 0 atom stereocenters. The average molecular weight is 281 g/mol. The molecule has 3 heteroatoms. The molecule has 0 unspecified atom stereocenters. The maximum absolute atomic E-state index is 12.4. The van der Waals surface area contributed by atoms with Crippen LogP contribution in [0.1, 0.15) is 21.5 Å². The first-order valence-corrected chi connectivity index (χ1v) is 7.25. The lowest BCUT2D eigenvalue weighted by Crippen LogP contribution is -2.31. The second-order valence-electron chi connectivity index (χ2n) is 5.46. The molecule has 0 N–H and O–H groups in total. The number of hydrogen-bond acceptors (Lipinski definition) is 3. The third-order valence-electron chi connectivity index (χ3n) is 3.77. The number of carbonyl (C=O) groups is 1. The minimum atomic E-state index is 0.161. The van der Waals surface area contributed by atoms with Crippen molar-refractivity contribution in [3.05, 3.63) is 65.2 Å². The van der Waals surface area contributed by atoms with Crippen molar-refractivity contribution in [3.8, 4) is 5.75 Å². The molecule has 0 fully saturated rings. The molecule has 0 amide bonds. The van der Waals surface area contributed by atoms with Gasteiger partial charge in [-0.1, -0.05) is 48.0 Å². The first kappa shape index (κ1) is 13.8. The molecule has 1 aliphatic heterocycles. The van der Waals surface area contributed by atoms with Crippen LogP contribution in [0.4, 0.5) is 0 Å². The topological polar surface area (TPSA) is 29.5 Å². The summed E-state index contributed by atoms with van der Waals surface area (Å²) in [5.74, 6) is 1.09. The Bertz CT molecular complexity index is 634. The lowest BCUT2D eigenvalue weighted by molar-refractivity contribution is 0.0921. The Balaban J connectivity index is 1.70. The summed E-state index contributed by atoms with van der Waals surface area (Å²) in [4.78, 5) is 14.5. The van der Waals surface area contributed by atoms with Gasteiger partial charge in [-0.05, 0) is 13.0 Å². The molecule has 0 aromatic heterocycles. The molecular formula is C18H19NO2. The van der Waals surface area contributed by atoms with Crippen LogP contribution in [0.3, 0.4) is 0 Å². The standard InChI is InChI=1S/C18H19NO2/c1-14-6-8-15(9-7-14)17(20)13-19-10-11-21-18-5-3-2-4-16(18)12-19/h2-9H,10-13H2,1H3. The van der Waals surface area contributed by atoms with Gasteiger partial charge in [0, 0.05) is 24.2 Å². The molecule has 0 aliphatic carbocycles. The summed E-state index contributed by atoms with van der Waals surface area (Å²) >= 11 is 0. The van der Waals surface area contributed by atoms with E-state index >= 15 is 0 Å². The zero-order valence-electron chi connectivity index (χ0n) is 12.2. The molecule has 3 rings (SSSR count). The summed E-state index contributed by atoms with van der Waals surface area (Å²) in [6.45, 7) is 4.61. The van der Waals surface area contributed by atoms with Crippen molar-refractivity contribution in [1.29, 1.82) is 0 Å². The van der Waals surface area contributed by atoms with Crippen molar-refractivity contribution >= 4 is 5.78 Å². The van der Waals surface area contributed by atoms with Crippen LogP contribution < -0.4 is 4.74 Å². The quantitative estimate of drug-likeness (QED) is 0.810. The highest BCUT2D eigenvalue weighted by Gasteiger charge is 2.17. The van der Waals surface area contributed by atoms with Crippen LogP contribution in [0.2, 0.25) is 0 Å². The molecule has 0 saturated heterocycles. The average Bonchev–Trinajstić information content (AvgIpc) is 2.69. The summed E-state index contributed by atoms with van der Waals surface area (Å²) < 4.78 is 5.73. The van der Waals surface area contributed by atoms with Gasteiger partial charge in [0.15, 0.2) is 5.78 Å². The van der Waals surface area contributed by atoms with Gasteiger partial charge in [0.05, 0.1) is 6.54 Å².